The van der Waals surface area contributed by atoms with Crippen LogP contribution in [0.4, 0.5) is 0 Å². The summed E-state index contributed by atoms with van der Waals surface area (Å²) in [5.74, 6) is -0.921. The minimum atomic E-state index is -0.449. The highest BCUT2D eigenvalue weighted by Crippen LogP contribution is 2.22. The van der Waals surface area contributed by atoms with Gasteiger partial charge in [-0.25, -0.2) is 9.89 Å². The third-order valence-electron chi connectivity index (χ3n) is 4.73. The van der Waals surface area contributed by atoms with Crippen molar-refractivity contribution >= 4 is 23.6 Å². The largest absolute Gasteiger partial charge is 0.376 e. The first-order valence-electron chi connectivity index (χ1n) is 9.58. The predicted molar refractivity (Wildman–Crippen MR) is 110 cm³/mol. The molecule has 9 heteroatoms. The first-order chi connectivity index (χ1) is 13.7. The summed E-state index contributed by atoms with van der Waals surface area (Å²) in [7, 11) is 0. The van der Waals surface area contributed by atoms with E-state index in [4.69, 9.17) is 4.74 Å². The maximum atomic E-state index is 12.3. The Morgan fingerprint density at radius 2 is 2.03 bits per heavy atom. The summed E-state index contributed by atoms with van der Waals surface area (Å²) >= 11 is 1.10. The van der Waals surface area contributed by atoms with Gasteiger partial charge in [-0.1, -0.05) is 44.7 Å². The lowest BCUT2D eigenvalue weighted by Crippen LogP contribution is -2.32. The summed E-state index contributed by atoms with van der Waals surface area (Å²) in [6.07, 6.45) is 1.85. The van der Waals surface area contributed by atoms with E-state index in [0.29, 0.717) is 23.9 Å². The third-order valence-corrected chi connectivity index (χ3v) is 5.71. The number of hydrogen-bond donors (Lipinski definition) is 2. The minimum Gasteiger partial charge on any atom is -0.376 e. The average molecular weight is 419 g/mol. The van der Waals surface area contributed by atoms with Crippen LogP contribution >= 0.6 is 11.8 Å². The minimum absolute atomic E-state index is 0.00957. The van der Waals surface area contributed by atoms with E-state index < -0.39 is 11.8 Å². The van der Waals surface area contributed by atoms with Gasteiger partial charge in [-0.15, -0.1) is 5.10 Å². The van der Waals surface area contributed by atoms with Crippen LogP contribution < -0.4 is 11.0 Å². The number of imide groups is 1. The van der Waals surface area contributed by atoms with Gasteiger partial charge < -0.3 is 4.74 Å². The zero-order valence-corrected chi connectivity index (χ0v) is 17.7. The van der Waals surface area contributed by atoms with Crippen LogP contribution in [0.25, 0.3) is 0 Å². The number of aromatic nitrogens is 3. The Labute approximate surface area is 173 Å². The molecular weight excluding hydrogens is 392 g/mol. The molecule has 1 fully saturated rings. The zero-order chi connectivity index (χ0) is 21.0. The number of nitrogens with one attached hydrogen (secondary N) is 2. The van der Waals surface area contributed by atoms with Crippen LogP contribution in [-0.2, 0) is 21.5 Å². The highest BCUT2D eigenvalue weighted by Gasteiger charge is 2.21. The fraction of sp³-hybridized carbons (Fsp3) is 0.500. The molecule has 0 aliphatic carbocycles. The molecular formula is C20H26N4O4S. The molecule has 2 aromatic rings. The number of thioether (sulfide) groups is 1. The number of hydrogen-bond acceptors (Lipinski definition) is 6. The molecule has 0 unspecified atom stereocenters. The normalized spacial score (nSPS) is 16.7. The van der Waals surface area contributed by atoms with Crippen molar-refractivity contribution in [2.75, 3.05) is 12.4 Å². The molecule has 29 heavy (non-hydrogen) atoms. The number of benzene rings is 1. The van der Waals surface area contributed by atoms with Gasteiger partial charge in [-0.3, -0.25) is 19.5 Å². The fourth-order valence-electron chi connectivity index (χ4n) is 3.05. The Bertz CT molecular complexity index is 921. The molecule has 2 N–H and O–H groups in total. The van der Waals surface area contributed by atoms with E-state index in [-0.39, 0.29) is 23.0 Å². The second kappa shape index (κ2) is 8.96. The number of amides is 2. The van der Waals surface area contributed by atoms with Crippen LogP contribution in [0.15, 0.2) is 34.2 Å². The summed E-state index contributed by atoms with van der Waals surface area (Å²) in [5.41, 5.74) is 1.19. The first-order valence-corrected chi connectivity index (χ1v) is 10.6. The molecule has 1 aliphatic rings. The van der Waals surface area contributed by atoms with E-state index in [1.807, 2.05) is 12.1 Å². The van der Waals surface area contributed by atoms with Gasteiger partial charge in [-0.2, -0.15) is 0 Å². The van der Waals surface area contributed by atoms with Crippen LogP contribution in [0, 0.1) is 0 Å². The number of carbonyl (C=O) groups excluding carboxylic acids is 2. The molecule has 2 amide bonds. The van der Waals surface area contributed by atoms with Crippen LogP contribution in [-0.4, -0.2) is 45.0 Å². The van der Waals surface area contributed by atoms with Gasteiger partial charge in [-0.05, 0) is 36.0 Å². The van der Waals surface area contributed by atoms with Crippen molar-refractivity contribution in [3.8, 4) is 0 Å². The van der Waals surface area contributed by atoms with Crippen molar-refractivity contribution < 1.29 is 14.3 Å². The Morgan fingerprint density at radius 3 is 2.66 bits per heavy atom. The summed E-state index contributed by atoms with van der Waals surface area (Å²) in [6.45, 7) is 7.38. The van der Waals surface area contributed by atoms with E-state index in [9.17, 15) is 14.4 Å². The van der Waals surface area contributed by atoms with Crippen LogP contribution in [0.3, 0.4) is 0 Å². The Hall–Kier alpha value is -2.39. The second-order valence-electron chi connectivity index (χ2n) is 8.05. The molecule has 1 atom stereocenters. The van der Waals surface area contributed by atoms with Crippen molar-refractivity contribution in [3.63, 3.8) is 0 Å². The molecule has 1 saturated heterocycles. The smallest absolute Gasteiger partial charge is 0.344 e. The van der Waals surface area contributed by atoms with Gasteiger partial charge in [0.2, 0.25) is 5.91 Å². The summed E-state index contributed by atoms with van der Waals surface area (Å²) < 4.78 is 7.03. The van der Waals surface area contributed by atoms with Gasteiger partial charge in [0, 0.05) is 12.2 Å². The summed E-state index contributed by atoms with van der Waals surface area (Å²) in [6, 6.07) is 7.20. The van der Waals surface area contributed by atoms with Crippen molar-refractivity contribution in [1.82, 2.24) is 20.1 Å². The number of ether oxygens (including phenoxy) is 1. The van der Waals surface area contributed by atoms with E-state index in [1.165, 1.54) is 4.57 Å². The molecule has 0 radical (unpaired) electrons. The molecule has 8 nitrogen and oxygen atoms in total. The number of H-pyrrole nitrogens is 1. The maximum Gasteiger partial charge on any atom is 0.344 e. The Balaban J connectivity index is 1.55. The molecule has 156 valence electrons. The standard InChI is InChI=1S/C20H26N4O4S/c1-20(2,3)14-8-6-13(7-9-14)17(26)21-16(25)12-29-19-23-22-18(27)24(19)11-15-5-4-10-28-15/h6-9,15H,4-5,10-12H2,1-3H3,(H,22,27)(H,21,25,26)/t15-/m0/s1. The van der Waals surface area contributed by atoms with Gasteiger partial charge in [0.25, 0.3) is 5.91 Å². The molecule has 2 heterocycles. The van der Waals surface area contributed by atoms with E-state index in [2.05, 4.69) is 36.3 Å². The zero-order valence-electron chi connectivity index (χ0n) is 16.9. The van der Waals surface area contributed by atoms with Crippen LogP contribution in [0.5, 0.6) is 0 Å². The summed E-state index contributed by atoms with van der Waals surface area (Å²) in [4.78, 5) is 36.4. The lowest BCUT2D eigenvalue weighted by atomic mass is 9.87. The van der Waals surface area contributed by atoms with E-state index in [0.717, 1.165) is 30.2 Å². The highest BCUT2D eigenvalue weighted by atomic mass is 32.2. The van der Waals surface area contributed by atoms with Gasteiger partial charge in [0.15, 0.2) is 5.16 Å². The average Bonchev–Trinajstić information content (AvgIpc) is 3.30. The summed E-state index contributed by atoms with van der Waals surface area (Å²) in [5, 5.41) is 9.15. The number of aromatic amines is 1. The molecule has 0 spiro atoms. The molecule has 3 rings (SSSR count). The van der Waals surface area contributed by atoms with Crippen molar-refractivity contribution in [3.05, 3.63) is 45.9 Å². The molecule has 1 aromatic carbocycles. The topological polar surface area (TPSA) is 106 Å². The number of nitrogens with zero attached hydrogens (tertiary/aromatic N) is 2. The quantitative estimate of drug-likeness (QED) is 0.696. The molecule has 0 saturated carbocycles. The van der Waals surface area contributed by atoms with Crippen molar-refractivity contribution in [2.45, 2.75) is 56.8 Å². The maximum absolute atomic E-state index is 12.3. The van der Waals surface area contributed by atoms with Crippen LogP contribution in [0.1, 0.15) is 49.5 Å². The van der Waals surface area contributed by atoms with Crippen molar-refractivity contribution in [2.24, 2.45) is 0 Å². The number of rotatable bonds is 6. The first kappa shape index (κ1) is 21.3. The molecule has 0 bridgehead atoms. The Morgan fingerprint density at radius 1 is 1.31 bits per heavy atom. The van der Waals surface area contributed by atoms with E-state index in [1.54, 1.807) is 12.1 Å². The van der Waals surface area contributed by atoms with Gasteiger partial charge in [0.05, 0.1) is 18.4 Å². The highest BCUT2D eigenvalue weighted by molar-refractivity contribution is 7.99. The SMILES string of the molecule is CC(C)(C)c1ccc(C(=O)NC(=O)CSc2n[nH]c(=O)n2C[C@@H]2CCCO2)cc1. The van der Waals surface area contributed by atoms with Gasteiger partial charge >= 0.3 is 5.69 Å². The second-order valence-corrected chi connectivity index (χ2v) is 8.99. The van der Waals surface area contributed by atoms with Gasteiger partial charge in [0.1, 0.15) is 0 Å². The molecule has 1 aliphatic heterocycles. The fourth-order valence-corrected chi connectivity index (χ4v) is 3.81. The lowest BCUT2D eigenvalue weighted by Gasteiger charge is -2.19. The third kappa shape index (κ3) is 5.57. The molecule has 1 aromatic heterocycles. The monoisotopic (exact) mass is 418 g/mol. The predicted octanol–water partition coefficient (Wildman–Crippen LogP) is 2.10. The van der Waals surface area contributed by atoms with Crippen molar-refractivity contribution in [1.29, 1.82) is 0 Å². The lowest BCUT2D eigenvalue weighted by molar-refractivity contribution is -0.117. The Kier molecular flexibility index (Phi) is 6.59. The van der Waals surface area contributed by atoms with E-state index >= 15 is 0 Å². The van der Waals surface area contributed by atoms with Crippen LogP contribution in [0.2, 0.25) is 0 Å². The number of carbonyl (C=O) groups is 2.